The van der Waals surface area contributed by atoms with Gasteiger partial charge in [-0.15, -0.1) is 0 Å². The van der Waals surface area contributed by atoms with Gasteiger partial charge in [-0.1, -0.05) is 37.3 Å². The molecule has 0 atom stereocenters. The van der Waals surface area contributed by atoms with E-state index in [4.69, 9.17) is 0 Å². The molecule has 2 heteroatoms. The number of hydrogen-bond acceptors (Lipinski definition) is 1. The van der Waals surface area contributed by atoms with Crippen LogP contribution in [0.4, 0.5) is 4.39 Å². The Kier molecular flexibility index (Phi) is 3.79. The molecule has 0 radical (unpaired) electrons. The Hall–Kier alpha value is -1.96. The Labute approximate surface area is 113 Å². The molecule has 0 heterocycles. The monoisotopic (exact) mass is 256 g/mol. The zero-order valence-electron chi connectivity index (χ0n) is 11.5. The molecule has 2 aromatic rings. The molecule has 0 unspecified atom stereocenters. The average molecular weight is 256 g/mol. The molecular formula is C17H17FO. The summed E-state index contributed by atoms with van der Waals surface area (Å²) in [7, 11) is 0. The normalized spacial score (nSPS) is 10.5. The van der Waals surface area contributed by atoms with E-state index >= 15 is 0 Å². The van der Waals surface area contributed by atoms with Crippen molar-refractivity contribution >= 4 is 5.78 Å². The highest BCUT2D eigenvalue weighted by atomic mass is 19.1. The van der Waals surface area contributed by atoms with Crippen molar-refractivity contribution in [2.75, 3.05) is 0 Å². The first-order chi connectivity index (χ1) is 9.02. The minimum atomic E-state index is -0.443. The van der Waals surface area contributed by atoms with Crippen molar-refractivity contribution in [2.45, 2.75) is 27.2 Å². The van der Waals surface area contributed by atoms with Crippen molar-refractivity contribution in [1.82, 2.24) is 0 Å². The first-order valence-corrected chi connectivity index (χ1v) is 6.43. The minimum absolute atomic E-state index is 0.176. The Morgan fingerprint density at radius 2 is 1.74 bits per heavy atom. The van der Waals surface area contributed by atoms with Crippen LogP contribution in [0.25, 0.3) is 0 Å². The molecule has 0 N–H and O–H groups in total. The number of hydrogen-bond donors (Lipinski definition) is 0. The van der Waals surface area contributed by atoms with Crippen LogP contribution in [0.15, 0.2) is 36.4 Å². The predicted octanol–water partition coefficient (Wildman–Crippen LogP) is 4.24. The van der Waals surface area contributed by atoms with Gasteiger partial charge in [0.05, 0.1) is 5.56 Å². The van der Waals surface area contributed by atoms with Crippen LogP contribution in [0.3, 0.4) is 0 Å². The third-order valence-corrected chi connectivity index (χ3v) is 3.28. The molecule has 0 saturated carbocycles. The van der Waals surface area contributed by atoms with E-state index in [1.54, 1.807) is 19.1 Å². The number of carbonyl (C=O) groups is 1. The fraction of sp³-hybridized carbons (Fsp3) is 0.235. The standard InChI is InChI=1S/C17H17FO/c1-4-13-5-7-14(8-6-13)17(19)16-12(3)9-11(2)10-15(16)18/h5-10H,4H2,1-3H3. The van der Waals surface area contributed by atoms with Crippen LogP contribution in [-0.4, -0.2) is 5.78 Å². The van der Waals surface area contributed by atoms with Crippen LogP contribution >= 0.6 is 0 Å². The maximum Gasteiger partial charge on any atom is 0.196 e. The molecule has 0 saturated heterocycles. The molecule has 1 nitrogen and oxygen atoms in total. The van der Waals surface area contributed by atoms with Crippen LogP contribution in [0.5, 0.6) is 0 Å². The van der Waals surface area contributed by atoms with Crippen LogP contribution in [0.1, 0.15) is 39.5 Å². The second-order valence-electron chi connectivity index (χ2n) is 4.82. The lowest BCUT2D eigenvalue weighted by molar-refractivity contribution is 0.103. The number of ketones is 1. The number of rotatable bonds is 3. The molecule has 0 spiro atoms. The summed E-state index contributed by atoms with van der Waals surface area (Å²) < 4.78 is 14.0. The van der Waals surface area contributed by atoms with Gasteiger partial charge in [0, 0.05) is 5.56 Å². The first-order valence-electron chi connectivity index (χ1n) is 6.43. The van der Waals surface area contributed by atoms with Gasteiger partial charge in [-0.05, 0) is 43.0 Å². The Balaban J connectivity index is 2.44. The van der Waals surface area contributed by atoms with Crippen molar-refractivity contribution in [1.29, 1.82) is 0 Å². The predicted molar refractivity (Wildman–Crippen MR) is 75.1 cm³/mol. The van der Waals surface area contributed by atoms with E-state index in [9.17, 15) is 9.18 Å². The molecule has 98 valence electrons. The van der Waals surface area contributed by atoms with E-state index in [1.165, 1.54) is 6.07 Å². The van der Waals surface area contributed by atoms with Crippen LogP contribution in [0.2, 0.25) is 0 Å². The summed E-state index contributed by atoms with van der Waals surface area (Å²) in [6.45, 7) is 5.64. The Morgan fingerprint density at radius 1 is 1.11 bits per heavy atom. The first kappa shape index (κ1) is 13.5. The van der Waals surface area contributed by atoms with Crippen LogP contribution in [0, 0.1) is 19.7 Å². The van der Waals surface area contributed by atoms with Gasteiger partial charge in [-0.25, -0.2) is 4.39 Å². The van der Waals surface area contributed by atoms with Crippen LogP contribution < -0.4 is 0 Å². The van der Waals surface area contributed by atoms with Crippen molar-refractivity contribution < 1.29 is 9.18 Å². The topological polar surface area (TPSA) is 17.1 Å². The summed E-state index contributed by atoms with van der Waals surface area (Å²) in [5, 5.41) is 0. The van der Waals surface area contributed by atoms with Gasteiger partial charge in [0.1, 0.15) is 5.82 Å². The van der Waals surface area contributed by atoms with Gasteiger partial charge in [0.15, 0.2) is 5.78 Å². The molecule has 0 aliphatic carbocycles. The third kappa shape index (κ3) is 2.73. The highest BCUT2D eigenvalue weighted by molar-refractivity contribution is 6.10. The van der Waals surface area contributed by atoms with E-state index in [-0.39, 0.29) is 11.3 Å². The number of carbonyl (C=O) groups excluding carboxylic acids is 1. The molecule has 19 heavy (non-hydrogen) atoms. The molecule has 0 aliphatic heterocycles. The fourth-order valence-electron chi connectivity index (χ4n) is 2.24. The van der Waals surface area contributed by atoms with Gasteiger partial charge >= 0.3 is 0 Å². The van der Waals surface area contributed by atoms with Gasteiger partial charge in [0.25, 0.3) is 0 Å². The maximum absolute atomic E-state index is 14.0. The summed E-state index contributed by atoms with van der Waals surface area (Å²) in [5.74, 6) is -0.695. The van der Waals surface area contributed by atoms with Gasteiger partial charge in [-0.3, -0.25) is 4.79 Å². The molecule has 0 fully saturated rings. The highest BCUT2D eigenvalue weighted by Crippen LogP contribution is 2.20. The summed E-state index contributed by atoms with van der Waals surface area (Å²) >= 11 is 0. The zero-order valence-corrected chi connectivity index (χ0v) is 11.5. The van der Waals surface area contributed by atoms with E-state index < -0.39 is 5.82 Å². The van der Waals surface area contributed by atoms with Crippen molar-refractivity contribution in [3.05, 3.63) is 70.0 Å². The minimum Gasteiger partial charge on any atom is -0.288 e. The van der Waals surface area contributed by atoms with E-state index in [1.807, 2.05) is 25.1 Å². The molecule has 0 amide bonds. The number of halogens is 1. The molecule has 2 aromatic carbocycles. The molecule has 0 aliphatic rings. The molecule has 0 aromatic heterocycles. The van der Waals surface area contributed by atoms with Crippen LogP contribution in [-0.2, 0) is 6.42 Å². The van der Waals surface area contributed by atoms with Crippen molar-refractivity contribution in [3.63, 3.8) is 0 Å². The SMILES string of the molecule is CCc1ccc(C(=O)c2c(C)cc(C)cc2F)cc1. The maximum atomic E-state index is 14.0. The van der Waals surface area contributed by atoms with Gasteiger partial charge in [-0.2, -0.15) is 0 Å². The summed E-state index contributed by atoms with van der Waals surface area (Å²) in [4.78, 5) is 12.4. The lowest BCUT2D eigenvalue weighted by atomic mass is 9.96. The summed E-state index contributed by atoms with van der Waals surface area (Å²) in [6.07, 6.45) is 0.923. The largest absolute Gasteiger partial charge is 0.288 e. The van der Waals surface area contributed by atoms with Crippen molar-refractivity contribution in [2.24, 2.45) is 0 Å². The van der Waals surface area contributed by atoms with Crippen molar-refractivity contribution in [3.8, 4) is 0 Å². The Morgan fingerprint density at radius 3 is 2.26 bits per heavy atom. The third-order valence-electron chi connectivity index (χ3n) is 3.28. The van der Waals surface area contributed by atoms with E-state index in [2.05, 4.69) is 6.92 Å². The molecular weight excluding hydrogens is 239 g/mol. The zero-order chi connectivity index (χ0) is 14.0. The Bertz CT molecular complexity index is 589. The molecule has 2 rings (SSSR count). The van der Waals surface area contributed by atoms with Gasteiger partial charge in [0.2, 0.25) is 0 Å². The average Bonchev–Trinajstić information content (AvgIpc) is 2.37. The fourth-order valence-corrected chi connectivity index (χ4v) is 2.24. The number of aryl methyl sites for hydroxylation is 3. The second-order valence-corrected chi connectivity index (χ2v) is 4.82. The second kappa shape index (κ2) is 5.35. The summed E-state index contributed by atoms with van der Waals surface area (Å²) in [6, 6.07) is 10.6. The van der Waals surface area contributed by atoms with E-state index in [0.717, 1.165) is 17.5 Å². The lowest BCUT2D eigenvalue weighted by Gasteiger charge is -2.08. The van der Waals surface area contributed by atoms with Gasteiger partial charge < -0.3 is 0 Å². The quantitative estimate of drug-likeness (QED) is 0.751. The lowest BCUT2D eigenvalue weighted by Crippen LogP contribution is -2.07. The number of benzene rings is 2. The van der Waals surface area contributed by atoms with E-state index in [0.29, 0.717) is 11.1 Å². The summed E-state index contributed by atoms with van der Waals surface area (Å²) in [5.41, 5.74) is 3.38. The highest BCUT2D eigenvalue weighted by Gasteiger charge is 2.17. The smallest absolute Gasteiger partial charge is 0.196 e. The molecule has 0 bridgehead atoms.